The topological polar surface area (TPSA) is 172 Å². The van der Waals surface area contributed by atoms with Gasteiger partial charge in [0.05, 0.1) is 22.0 Å². The number of rotatable bonds is 6. The molecule has 10 nitrogen and oxygen atoms in total. The van der Waals surface area contributed by atoms with Crippen molar-refractivity contribution in [3.05, 3.63) is 78.1 Å². The van der Waals surface area contributed by atoms with Gasteiger partial charge >= 0.3 is 0 Å². The van der Waals surface area contributed by atoms with E-state index in [2.05, 4.69) is 15.3 Å². The zero-order valence-electron chi connectivity index (χ0n) is 15.5. The molecule has 12 heteroatoms. The van der Waals surface area contributed by atoms with Crippen LogP contribution in [0.5, 0.6) is 0 Å². The lowest BCUT2D eigenvalue weighted by atomic mass is 10.2. The SMILES string of the molecule is O=C(Nc1ccccc1S(=O)(=O)O)c1cccc(C([O-])=Nc2ccccc2S(=O)[O-])n1. The number of aliphatic imine (C=N–C) groups is 1. The third-order valence-corrected chi connectivity index (χ3v) is 5.50. The zero-order valence-corrected chi connectivity index (χ0v) is 17.1. The molecule has 0 aliphatic carbocycles. The highest BCUT2D eigenvalue weighted by atomic mass is 32.2. The van der Waals surface area contributed by atoms with E-state index in [-0.39, 0.29) is 27.7 Å². The number of aromatic nitrogens is 1. The molecule has 0 fully saturated rings. The van der Waals surface area contributed by atoms with Crippen molar-refractivity contribution < 1.29 is 31.6 Å². The molecule has 3 aromatic rings. The third kappa shape index (κ3) is 5.38. The lowest BCUT2D eigenvalue weighted by Crippen LogP contribution is -2.22. The summed E-state index contributed by atoms with van der Waals surface area (Å²) in [5.74, 6) is -1.72. The van der Waals surface area contributed by atoms with Crippen LogP contribution in [0.4, 0.5) is 11.4 Å². The van der Waals surface area contributed by atoms with Crippen LogP contribution in [0.25, 0.3) is 0 Å². The van der Waals surface area contributed by atoms with Crippen LogP contribution < -0.4 is 10.4 Å². The van der Waals surface area contributed by atoms with Crippen molar-refractivity contribution in [1.29, 1.82) is 0 Å². The van der Waals surface area contributed by atoms with Gasteiger partial charge < -0.3 is 15.0 Å². The fraction of sp³-hybridized carbons (Fsp3) is 0. The number of hydrogen-bond donors (Lipinski definition) is 2. The van der Waals surface area contributed by atoms with Gasteiger partial charge in [0.25, 0.3) is 16.0 Å². The molecular formula is C19H13N3O7S2-2. The number of amides is 1. The minimum Gasteiger partial charge on any atom is -0.857 e. The number of carbonyl (C=O) groups excluding carboxylic acids is 1. The maximum atomic E-state index is 12.5. The average Bonchev–Trinajstić information content (AvgIpc) is 2.73. The van der Waals surface area contributed by atoms with E-state index < -0.39 is 37.9 Å². The Balaban J connectivity index is 1.91. The first-order valence-electron chi connectivity index (χ1n) is 8.46. The number of nitrogens with one attached hydrogen (secondary N) is 1. The van der Waals surface area contributed by atoms with Gasteiger partial charge in [-0.05, 0) is 47.5 Å². The van der Waals surface area contributed by atoms with Crippen molar-refractivity contribution in [2.75, 3.05) is 5.32 Å². The number of anilines is 1. The second kappa shape index (κ2) is 9.14. The van der Waals surface area contributed by atoms with Crippen molar-refractivity contribution >= 4 is 44.4 Å². The lowest BCUT2D eigenvalue weighted by molar-refractivity contribution is -0.213. The molecule has 31 heavy (non-hydrogen) atoms. The van der Waals surface area contributed by atoms with Crippen molar-refractivity contribution in [2.45, 2.75) is 9.79 Å². The second-order valence-corrected chi connectivity index (χ2v) is 8.25. The van der Waals surface area contributed by atoms with Gasteiger partial charge in [0.15, 0.2) is 0 Å². The van der Waals surface area contributed by atoms with Gasteiger partial charge in [0, 0.05) is 5.90 Å². The number of carbonyl (C=O) groups is 1. The van der Waals surface area contributed by atoms with E-state index in [4.69, 9.17) is 0 Å². The molecule has 3 rings (SSSR count). The minimum atomic E-state index is -4.58. The quantitative estimate of drug-likeness (QED) is 0.240. The van der Waals surface area contributed by atoms with Crippen LogP contribution in [0, 0.1) is 0 Å². The van der Waals surface area contributed by atoms with E-state index in [9.17, 15) is 31.6 Å². The number of pyridine rings is 1. The summed E-state index contributed by atoms with van der Waals surface area (Å²) < 4.78 is 54.7. The van der Waals surface area contributed by atoms with Gasteiger partial charge in [0.2, 0.25) is 0 Å². The number of hydrogen-bond acceptors (Lipinski definition) is 8. The fourth-order valence-electron chi connectivity index (χ4n) is 2.52. The highest BCUT2D eigenvalue weighted by Gasteiger charge is 2.17. The Kier molecular flexibility index (Phi) is 6.56. The monoisotopic (exact) mass is 459 g/mol. The molecule has 1 heterocycles. The van der Waals surface area contributed by atoms with Gasteiger partial charge in [-0.15, -0.1) is 0 Å². The molecule has 1 atom stereocenters. The molecule has 2 N–H and O–H groups in total. The van der Waals surface area contributed by atoms with Crippen LogP contribution in [0.15, 0.2) is 81.5 Å². The summed E-state index contributed by atoms with van der Waals surface area (Å²) in [6.07, 6.45) is 0. The van der Waals surface area contributed by atoms with Crippen LogP contribution in [0.2, 0.25) is 0 Å². The molecule has 1 aromatic heterocycles. The van der Waals surface area contributed by atoms with Crippen LogP contribution >= 0.6 is 0 Å². The van der Waals surface area contributed by atoms with Crippen molar-refractivity contribution in [3.63, 3.8) is 0 Å². The first-order valence-corrected chi connectivity index (χ1v) is 11.0. The average molecular weight is 459 g/mol. The van der Waals surface area contributed by atoms with Crippen molar-refractivity contribution in [2.24, 2.45) is 4.99 Å². The predicted octanol–water partition coefficient (Wildman–Crippen LogP) is 1.26. The standard InChI is InChI=1S/C19H15N3O7S2/c23-18(21-12-6-1-3-10-16(12)30(25)26)14-8-5-9-15(20-14)19(24)22-13-7-2-4-11-17(13)31(27,28)29/h1-11H,(H,21,23)(H,22,24)(H,25,26)(H,27,28,29)/p-2. The molecule has 0 saturated heterocycles. The minimum absolute atomic E-state index is 0.0837. The Morgan fingerprint density at radius 3 is 2.35 bits per heavy atom. The summed E-state index contributed by atoms with van der Waals surface area (Å²) in [7, 11) is -4.58. The van der Waals surface area contributed by atoms with Gasteiger partial charge in [-0.3, -0.25) is 18.5 Å². The summed E-state index contributed by atoms with van der Waals surface area (Å²) >= 11 is -2.61. The Labute approximate surface area is 179 Å². The third-order valence-electron chi connectivity index (χ3n) is 3.88. The van der Waals surface area contributed by atoms with E-state index in [1.165, 1.54) is 60.7 Å². The van der Waals surface area contributed by atoms with Crippen LogP contribution in [-0.4, -0.2) is 38.5 Å². The van der Waals surface area contributed by atoms with Crippen molar-refractivity contribution in [1.82, 2.24) is 4.98 Å². The van der Waals surface area contributed by atoms with Crippen LogP contribution in [0.3, 0.4) is 0 Å². The normalized spacial score (nSPS) is 12.9. The number of nitrogens with zero attached hydrogens (tertiary/aromatic N) is 2. The van der Waals surface area contributed by atoms with Gasteiger partial charge in [-0.1, -0.05) is 30.3 Å². The molecular weight excluding hydrogens is 446 g/mol. The maximum Gasteiger partial charge on any atom is 0.296 e. The number of para-hydroxylation sites is 2. The summed E-state index contributed by atoms with van der Waals surface area (Å²) in [5, 5.41) is 14.7. The highest BCUT2D eigenvalue weighted by molar-refractivity contribution is 7.86. The molecule has 1 unspecified atom stereocenters. The summed E-state index contributed by atoms with van der Waals surface area (Å²) in [6.45, 7) is 0. The molecule has 2 aromatic carbocycles. The first kappa shape index (κ1) is 22.2. The fourth-order valence-corrected chi connectivity index (χ4v) is 3.64. The Hall–Kier alpha value is -3.45. The molecule has 0 bridgehead atoms. The van der Waals surface area contributed by atoms with E-state index in [0.29, 0.717) is 0 Å². The van der Waals surface area contributed by atoms with Gasteiger partial charge in [-0.2, -0.15) is 8.42 Å². The largest absolute Gasteiger partial charge is 0.857 e. The molecule has 160 valence electrons. The molecule has 0 spiro atoms. The molecule has 1 amide bonds. The summed E-state index contributed by atoms with van der Waals surface area (Å²) in [5.41, 5.74) is -0.723. The smallest absolute Gasteiger partial charge is 0.296 e. The maximum absolute atomic E-state index is 12.5. The van der Waals surface area contributed by atoms with E-state index in [1.54, 1.807) is 0 Å². The lowest BCUT2D eigenvalue weighted by Gasteiger charge is -2.14. The predicted molar refractivity (Wildman–Crippen MR) is 108 cm³/mol. The molecule has 0 aliphatic rings. The summed E-state index contributed by atoms with van der Waals surface area (Å²) in [6, 6.07) is 14.7. The van der Waals surface area contributed by atoms with Crippen LogP contribution in [0.1, 0.15) is 16.2 Å². The number of benzene rings is 2. The Morgan fingerprint density at radius 2 is 1.65 bits per heavy atom. The highest BCUT2D eigenvalue weighted by Crippen LogP contribution is 2.23. The molecule has 0 aliphatic heterocycles. The molecule has 0 radical (unpaired) electrons. The van der Waals surface area contributed by atoms with E-state index >= 15 is 0 Å². The Bertz CT molecular complexity index is 1310. The Morgan fingerprint density at radius 1 is 1.00 bits per heavy atom. The zero-order chi connectivity index (χ0) is 22.6. The van der Waals surface area contributed by atoms with Gasteiger partial charge in [0.1, 0.15) is 10.6 Å². The molecule has 0 saturated carbocycles. The van der Waals surface area contributed by atoms with E-state index in [0.717, 1.165) is 6.07 Å². The second-order valence-electron chi connectivity index (χ2n) is 5.95. The van der Waals surface area contributed by atoms with Gasteiger partial charge in [-0.25, -0.2) is 4.98 Å². The summed E-state index contributed by atoms with van der Waals surface area (Å²) in [4.78, 5) is 19.5. The first-order chi connectivity index (χ1) is 14.7. The van der Waals surface area contributed by atoms with Crippen LogP contribution in [-0.2, 0) is 21.2 Å². The van der Waals surface area contributed by atoms with Crippen molar-refractivity contribution in [3.8, 4) is 0 Å². The van der Waals surface area contributed by atoms with E-state index in [1.807, 2.05) is 0 Å².